The second-order valence-corrected chi connectivity index (χ2v) is 5.36. The Labute approximate surface area is 149 Å². The van der Waals surface area contributed by atoms with Crippen molar-refractivity contribution in [2.75, 3.05) is 14.2 Å². The summed E-state index contributed by atoms with van der Waals surface area (Å²) < 4.78 is 10.6. The van der Waals surface area contributed by atoms with Crippen molar-refractivity contribution in [3.8, 4) is 11.5 Å². The third-order valence-electron chi connectivity index (χ3n) is 3.54. The van der Waals surface area contributed by atoms with Crippen molar-refractivity contribution in [1.29, 1.82) is 0 Å². The maximum atomic E-state index is 5.31. The first-order chi connectivity index (χ1) is 12.2. The lowest BCUT2D eigenvalue weighted by Crippen LogP contribution is -1.88. The van der Waals surface area contributed by atoms with Crippen LogP contribution in [0.4, 0.5) is 0 Å². The van der Waals surface area contributed by atoms with E-state index in [0.717, 1.165) is 33.9 Å². The molecule has 25 heavy (non-hydrogen) atoms. The molecule has 2 aromatic rings. The number of methoxy groups -OCH3 is 2. The minimum Gasteiger partial charge on any atom is -0.497 e. The maximum Gasteiger partial charge on any atom is 0.123 e. The van der Waals surface area contributed by atoms with Gasteiger partial charge in [-0.15, -0.1) is 0 Å². The summed E-state index contributed by atoms with van der Waals surface area (Å²) in [6.07, 6.45) is 11.8. The van der Waals surface area contributed by atoms with Crippen molar-refractivity contribution in [1.82, 2.24) is 4.98 Å². The van der Waals surface area contributed by atoms with Gasteiger partial charge in [-0.2, -0.15) is 0 Å². The molecule has 0 aliphatic heterocycles. The van der Waals surface area contributed by atoms with Gasteiger partial charge in [0.15, 0.2) is 0 Å². The Morgan fingerprint density at radius 1 is 1.04 bits per heavy atom. The Morgan fingerprint density at radius 2 is 1.76 bits per heavy atom. The Morgan fingerprint density at radius 3 is 2.32 bits per heavy atom. The first-order valence-corrected chi connectivity index (χ1v) is 8.02. The molecule has 0 unspecified atom stereocenters. The van der Waals surface area contributed by atoms with Crippen molar-refractivity contribution in [3.63, 3.8) is 0 Å². The van der Waals surface area contributed by atoms with E-state index in [1.165, 1.54) is 0 Å². The second-order valence-electron chi connectivity index (χ2n) is 5.36. The van der Waals surface area contributed by atoms with Gasteiger partial charge in [0, 0.05) is 12.3 Å². The summed E-state index contributed by atoms with van der Waals surface area (Å²) in [5, 5.41) is 0. The fraction of sp³-hybridized carbons (Fsp3) is 0.136. The van der Waals surface area contributed by atoms with Crippen LogP contribution in [0.1, 0.15) is 18.2 Å². The van der Waals surface area contributed by atoms with Gasteiger partial charge in [-0.05, 0) is 54.0 Å². The summed E-state index contributed by atoms with van der Waals surface area (Å²) in [6, 6.07) is 11.6. The van der Waals surface area contributed by atoms with E-state index in [9.17, 15) is 0 Å². The molecule has 3 heteroatoms. The zero-order valence-electron chi connectivity index (χ0n) is 14.9. The molecule has 1 aromatic carbocycles. The van der Waals surface area contributed by atoms with Crippen LogP contribution in [-0.4, -0.2) is 19.2 Å². The minimum absolute atomic E-state index is 0.758. The number of ether oxygens (including phenoxy) is 2. The van der Waals surface area contributed by atoms with Crippen LogP contribution < -0.4 is 9.47 Å². The monoisotopic (exact) mass is 333 g/mol. The van der Waals surface area contributed by atoms with Crippen LogP contribution in [-0.2, 0) is 0 Å². The lowest BCUT2D eigenvalue weighted by molar-refractivity contribution is 0.394. The summed E-state index contributed by atoms with van der Waals surface area (Å²) in [4.78, 5) is 4.33. The van der Waals surface area contributed by atoms with Gasteiger partial charge in [-0.1, -0.05) is 36.9 Å². The van der Waals surface area contributed by atoms with Crippen LogP contribution in [0.2, 0.25) is 0 Å². The molecule has 2 rings (SSSR count). The quantitative estimate of drug-likeness (QED) is 0.642. The predicted octanol–water partition coefficient (Wildman–Crippen LogP) is 5.33. The molecule has 0 aliphatic rings. The van der Waals surface area contributed by atoms with Crippen LogP contribution in [0.3, 0.4) is 0 Å². The Bertz CT molecular complexity index is 780. The van der Waals surface area contributed by atoms with Gasteiger partial charge in [-0.25, -0.2) is 0 Å². The first-order valence-electron chi connectivity index (χ1n) is 8.02. The lowest BCUT2D eigenvalue weighted by atomic mass is 10.1. The van der Waals surface area contributed by atoms with Gasteiger partial charge in [0.2, 0.25) is 0 Å². The molecular weight excluding hydrogens is 310 g/mol. The molecule has 1 heterocycles. The van der Waals surface area contributed by atoms with Crippen molar-refractivity contribution in [2.24, 2.45) is 0 Å². The molecule has 0 aliphatic carbocycles. The van der Waals surface area contributed by atoms with E-state index in [2.05, 4.69) is 11.6 Å². The maximum absolute atomic E-state index is 5.31. The highest BCUT2D eigenvalue weighted by Gasteiger charge is 2.00. The van der Waals surface area contributed by atoms with Crippen LogP contribution in [0, 0.1) is 0 Å². The summed E-state index contributed by atoms with van der Waals surface area (Å²) in [6.45, 7) is 6.10. The van der Waals surface area contributed by atoms with Gasteiger partial charge < -0.3 is 9.47 Å². The van der Waals surface area contributed by atoms with Crippen LogP contribution in [0.5, 0.6) is 11.5 Å². The number of hydrogen-bond acceptors (Lipinski definition) is 3. The van der Waals surface area contributed by atoms with Crippen LogP contribution in [0.25, 0.3) is 11.6 Å². The van der Waals surface area contributed by atoms with E-state index in [-0.39, 0.29) is 0 Å². The number of rotatable bonds is 7. The fourth-order valence-electron chi connectivity index (χ4n) is 2.29. The fourth-order valence-corrected chi connectivity index (χ4v) is 2.29. The summed E-state index contributed by atoms with van der Waals surface area (Å²) in [5.74, 6) is 1.52. The number of nitrogens with zero attached hydrogens (tertiary/aromatic N) is 1. The SMILES string of the molecule is C=C(/C=C(\C=C/C)/C=C\c1cc(OC)cc(OC)c1)c1ccccn1. The largest absolute Gasteiger partial charge is 0.497 e. The van der Waals surface area contributed by atoms with E-state index < -0.39 is 0 Å². The van der Waals surface area contributed by atoms with Gasteiger partial charge >= 0.3 is 0 Å². The molecule has 0 spiro atoms. The van der Waals surface area contributed by atoms with Crippen molar-refractivity contribution in [3.05, 3.63) is 90.3 Å². The first kappa shape index (κ1) is 18.3. The Kier molecular flexibility index (Phi) is 6.78. The van der Waals surface area contributed by atoms with Crippen molar-refractivity contribution >= 4 is 11.6 Å². The molecule has 0 atom stereocenters. The van der Waals surface area contributed by atoms with Crippen LogP contribution in [0.15, 0.2) is 79.1 Å². The smallest absolute Gasteiger partial charge is 0.123 e. The average Bonchev–Trinajstić information content (AvgIpc) is 2.66. The molecule has 3 nitrogen and oxygen atoms in total. The van der Waals surface area contributed by atoms with Gasteiger partial charge in [0.25, 0.3) is 0 Å². The normalized spacial score (nSPS) is 11.9. The number of allylic oxidation sites excluding steroid dienone is 6. The van der Waals surface area contributed by atoms with Crippen LogP contribution >= 0.6 is 0 Å². The third kappa shape index (κ3) is 5.50. The minimum atomic E-state index is 0.758. The van der Waals surface area contributed by atoms with E-state index in [0.29, 0.717) is 0 Å². The molecule has 0 saturated heterocycles. The summed E-state index contributed by atoms with van der Waals surface area (Å²) in [5.41, 5.74) is 3.75. The number of benzene rings is 1. The average molecular weight is 333 g/mol. The highest BCUT2D eigenvalue weighted by Crippen LogP contribution is 2.24. The second kappa shape index (κ2) is 9.28. The van der Waals surface area contributed by atoms with E-state index in [1.807, 2.05) is 73.7 Å². The molecule has 128 valence electrons. The van der Waals surface area contributed by atoms with Gasteiger partial charge in [0.05, 0.1) is 19.9 Å². The summed E-state index contributed by atoms with van der Waals surface area (Å²) >= 11 is 0. The molecule has 0 N–H and O–H groups in total. The lowest BCUT2D eigenvalue weighted by Gasteiger charge is -2.06. The van der Waals surface area contributed by atoms with E-state index in [4.69, 9.17) is 9.47 Å². The Hall–Kier alpha value is -3.07. The zero-order valence-corrected chi connectivity index (χ0v) is 14.9. The molecule has 0 amide bonds. The number of hydrogen-bond donors (Lipinski definition) is 0. The van der Waals surface area contributed by atoms with Crippen molar-refractivity contribution < 1.29 is 9.47 Å². The highest BCUT2D eigenvalue weighted by molar-refractivity contribution is 5.72. The molecule has 0 fully saturated rings. The van der Waals surface area contributed by atoms with Gasteiger partial charge in [-0.3, -0.25) is 4.98 Å². The van der Waals surface area contributed by atoms with E-state index in [1.54, 1.807) is 20.4 Å². The zero-order chi connectivity index (χ0) is 18.1. The molecular formula is C22H23NO2. The predicted molar refractivity (Wildman–Crippen MR) is 105 cm³/mol. The Balaban J connectivity index is 2.28. The standard InChI is InChI=1S/C22H23NO2/c1-5-8-18(13-17(2)22-9-6-7-12-23-22)10-11-19-14-20(24-3)16-21(15-19)25-4/h5-16H,2H2,1,3-4H3/b8-5-,11-10-,18-13+. The molecule has 0 radical (unpaired) electrons. The molecule has 0 bridgehead atoms. The summed E-state index contributed by atoms with van der Waals surface area (Å²) in [7, 11) is 3.29. The molecule has 0 saturated carbocycles. The number of aromatic nitrogens is 1. The topological polar surface area (TPSA) is 31.4 Å². The van der Waals surface area contributed by atoms with E-state index >= 15 is 0 Å². The van der Waals surface area contributed by atoms with Gasteiger partial charge in [0.1, 0.15) is 11.5 Å². The third-order valence-corrected chi connectivity index (χ3v) is 3.54. The van der Waals surface area contributed by atoms with Crippen molar-refractivity contribution in [2.45, 2.75) is 6.92 Å². The molecule has 1 aromatic heterocycles. The highest BCUT2D eigenvalue weighted by atomic mass is 16.5. The number of pyridine rings is 1.